The van der Waals surface area contributed by atoms with E-state index in [1.165, 1.54) is 0 Å². The number of benzene rings is 1. The lowest BCUT2D eigenvalue weighted by molar-refractivity contribution is -0.124. The van der Waals surface area contributed by atoms with Crippen LogP contribution >= 0.6 is 28.3 Å². The van der Waals surface area contributed by atoms with E-state index in [9.17, 15) is 9.59 Å². The fourth-order valence-corrected chi connectivity index (χ4v) is 2.06. The highest BCUT2D eigenvalue weighted by atomic mass is 79.9. The summed E-state index contributed by atoms with van der Waals surface area (Å²) >= 11 is 3.36. The van der Waals surface area contributed by atoms with E-state index < -0.39 is 0 Å². The summed E-state index contributed by atoms with van der Waals surface area (Å²) in [5.41, 5.74) is 7.26. The van der Waals surface area contributed by atoms with Gasteiger partial charge in [-0.25, -0.2) is 0 Å². The summed E-state index contributed by atoms with van der Waals surface area (Å²) in [4.78, 5) is 23.2. The second kappa shape index (κ2) is 9.76. The van der Waals surface area contributed by atoms with E-state index in [1.807, 2.05) is 32.0 Å². The van der Waals surface area contributed by atoms with Gasteiger partial charge >= 0.3 is 0 Å². The van der Waals surface area contributed by atoms with E-state index >= 15 is 0 Å². The van der Waals surface area contributed by atoms with Gasteiger partial charge in [0.1, 0.15) is 0 Å². The van der Waals surface area contributed by atoms with Gasteiger partial charge in [0, 0.05) is 22.6 Å². The lowest BCUT2D eigenvalue weighted by Crippen LogP contribution is -2.33. The van der Waals surface area contributed by atoms with Crippen LogP contribution in [-0.4, -0.2) is 24.4 Å². The second-order valence-corrected chi connectivity index (χ2v) is 5.72. The highest BCUT2D eigenvalue weighted by Crippen LogP contribution is 2.19. The van der Waals surface area contributed by atoms with Crippen molar-refractivity contribution in [3.05, 3.63) is 28.2 Å². The van der Waals surface area contributed by atoms with Crippen molar-refractivity contribution >= 4 is 45.8 Å². The van der Waals surface area contributed by atoms with E-state index in [1.54, 1.807) is 0 Å². The maximum Gasteiger partial charge on any atom is 0.243 e. The molecule has 7 heteroatoms. The maximum absolute atomic E-state index is 11.7. The van der Waals surface area contributed by atoms with Crippen molar-refractivity contribution in [1.29, 1.82) is 0 Å². The Morgan fingerprint density at radius 3 is 2.57 bits per heavy atom. The number of rotatable bonds is 6. The van der Waals surface area contributed by atoms with Gasteiger partial charge in [-0.15, -0.1) is 12.4 Å². The molecule has 1 unspecified atom stereocenters. The van der Waals surface area contributed by atoms with Crippen LogP contribution in [-0.2, 0) is 9.59 Å². The maximum atomic E-state index is 11.7. The second-order valence-electron chi connectivity index (χ2n) is 4.80. The summed E-state index contributed by atoms with van der Waals surface area (Å²) in [5.74, 6) is -0.408. The van der Waals surface area contributed by atoms with Crippen molar-refractivity contribution in [2.45, 2.75) is 32.7 Å². The SMILES string of the molecule is Cc1cc(Br)ccc1NC(=O)CNC(=O)CCC(C)N.Cl. The number of anilines is 1. The highest BCUT2D eigenvalue weighted by molar-refractivity contribution is 9.10. The van der Waals surface area contributed by atoms with E-state index in [0.717, 1.165) is 15.7 Å². The molecule has 21 heavy (non-hydrogen) atoms. The normalized spacial score (nSPS) is 11.2. The van der Waals surface area contributed by atoms with Crippen LogP contribution in [0.5, 0.6) is 0 Å². The van der Waals surface area contributed by atoms with Crippen LogP contribution in [0.3, 0.4) is 0 Å². The van der Waals surface area contributed by atoms with Gasteiger partial charge in [-0.1, -0.05) is 15.9 Å². The molecule has 118 valence electrons. The minimum absolute atomic E-state index is 0. The average molecular weight is 379 g/mol. The lowest BCUT2D eigenvalue weighted by atomic mass is 10.2. The topological polar surface area (TPSA) is 84.2 Å². The van der Waals surface area contributed by atoms with E-state index in [4.69, 9.17) is 5.73 Å². The Labute approximate surface area is 139 Å². The first-order chi connectivity index (χ1) is 9.38. The minimum Gasteiger partial charge on any atom is -0.347 e. The fourth-order valence-electron chi connectivity index (χ4n) is 1.59. The molecule has 5 nitrogen and oxygen atoms in total. The molecule has 2 amide bonds. The summed E-state index contributed by atoms with van der Waals surface area (Å²) in [6.07, 6.45) is 0.946. The number of carbonyl (C=O) groups is 2. The summed E-state index contributed by atoms with van der Waals surface area (Å²) < 4.78 is 0.956. The average Bonchev–Trinajstić information content (AvgIpc) is 2.37. The Morgan fingerprint density at radius 2 is 2.00 bits per heavy atom. The van der Waals surface area contributed by atoms with Crippen LogP contribution in [0, 0.1) is 6.92 Å². The monoisotopic (exact) mass is 377 g/mol. The highest BCUT2D eigenvalue weighted by Gasteiger charge is 2.08. The molecule has 0 bridgehead atoms. The number of aryl methyl sites for hydroxylation is 1. The molecule has 1 atom stereocenters. The molecule has 1 aromatic carbocycles. The van der Waals surface area contributed by atoms with Crippen LogP contribution in [0.15, 0.2) is 22.7 Å². The molecule has 0 aromatic heterocycles. The van der Waals surface area contributed by atoms with Crippen molar-refractivity contribution in [2.24, 2.45) is 5.73 Å². The third-order valence-corrected chi connectivity index (χ3v) is 3.23. The molecule has 0 spiro atoms. The van der Waals surface area contributed by atoms with Crippen LogP contribution in [0.2, 0.25) is 0 Å². The van der Waals surface area contributed by atoms with Crippen molar-refractivity contribution in [3.8, 4) is 0 Å². The zero-order valence-electron chi connectivity index (χ0n) is 12.1. The van der Waals surface area contributed by atoms with Crippen LogP contribution < -0.4 is 16.4 Å². The molecule has 0 aliphatic carbocycles. The molecule has 0 aliphatic rings. The minimum atomic E-state index is -0.246. The van der Waals surface area contributed by atoms with Gasteiger partial charge in [0.15, 0.2) is 0 Å². The van der Waals surface area contributed by atoms with Gasteiger partial charge in [0.2, 0.25) is 11.8 Å². The van der Waals surface area contributed by atoms with Crippen molar-refractivity contribution < 1.29 is 9.59 Å². The van der Waals surface area contributed by atoms with Gasteiger partial charge in [0.05, 0.1) is 6.54 Å². The predicted octanol–water partition coefficient (Wildman–Crippen LogP) is 2.36. The number of carbonyl (C=O) groups excluding carboxylic acids is 2. The van der Waals surface area contributed by atoms with Crippen LogP contribution in [0.4, 0.5) is 5.69 Å². The van der Waals surface area contributed by atoms with Crippen LogP contribution in [0.1, 0.15) is 25.3 Å². The Balaban J connectivity index is 0.00000400. The van der Waals surface area contributed by atoms with Gasteiger partial charge < -0.3 is 16.4 Å². The lowest BCUT2D eigenvalue weighted by Gasteiger charge is -2.10. The van der Waals surface area contributed by atoms with Crippen molar-refractivity contribution in [3.63, 3.8) is 0 Å². The first kappa shape index (κ1) is 19.9. The number of hydrogen-bond donors (Lipinski definition) is 3. The Bertz CT molecular complexity index is 495. The van der Waals surface area contributed by atoms with Crippen molar-refractivity contribution in [1.82, 2.24) is 5.32 Å². The number of nitrogens with two attached hydrogens (primary N) is 1. The molecule has 0 saturated heterocycles. The summed E-state index contributed by atoms with van der Waals surface area (Å²) in [7, 11) is 0. The number of hydrogen-bond acceptors (Lipinski definition) is 3. The summed E-state index contributed by atoms with van der Waals surface area (Å²) in [5, 5.41) is 5.33. The Hall–Kier alpha value is -1.11. The van der Waals surface area contributed by atoms with Gasteiger partial charge in [-0.3, -0.25) is 9.59 Å². The molecule has 0 fully saturated rings. The summed E-state index contributed by atoms with van der Waals surface area (Å²) in [6, 6.07) is 5.57. The molecular formula is C14H21BrClN3O2. The molecule has 1 rings (SSSR count). The van der Waals surface area contributed by atoms with Gasteiger partial charge in [-0.2, -0.15) is 0 Å². The number of amides is 2. The largest absolute Gasteiger partial charge is 0.347 e. The fraction of sp³-hybridized carbons (Fsp3) is 0.429. The van der Waals surface area contributed by atoms with Crippen LogP contribution in [0.25, 0.3) is 0 Å². The molecular weight excluding hydrogens is 358 g/mol. The Morgan fingerprint density at radius 1 is 1.33 bits per heavy atom. The Kier molecular flexibility index (Phi) is 9.24. The predicted molar refractivity (Wildman–Crippen MR) is 90.6 cm³/mol. The third-order valence-electron chi connectivity index (χ3n) is 2.74. The van der Waals surface area contributed by atoms with Crippen molar-refractivity contribution in [2.75, 3.05) is 11.9 Å². The van der Waals surface area contributed by atoms with E-state index in [0.29, 0.717) is 12.8 Å². The summed E-state index contributed by atoms with van der Waals surface area (Å²) in [6.45, 7) is 3.71. The standard InChI is InChI=1S/C14H20BrN3O2.ClH/c1-9-7-11(15)4-5-12(9)18-14(20)8-17-13(19)6-3-10(2)16;/h4-5,7,10H,3,6,8,16H2,1-2H3,(H,17,19)(H,18,20);1H. The molecule has 0 heterocycles. The molecule has 0 saturated carbocycles. The quantitative estimate of drug-likeness (QED) is 0.710. The van der Waals surface area contributed by atoms with E-state index in [2.05, 4.69) is 26.6 Å². The molecule has 0 aliphatic heterocycles. The molecule has 4 N–H and O–H groups in total. The zero-order chi connectivity index (χ0) is 15.1. The zero-order valence-corrected chi connectivity index (χ0v) is 14.5. The number of nitrogens with one attached hydrogen (secondary N) is 2. The first-order valence-corrected chi connectivity index (χ1v) is 7.26. The smallest absolute Gasteiger partial charge is 0.243 e. The van der Waals surface area contributed by atoms with E-state index in [-0.39, 0.29) is 36.8 Å². The van der Waals surface area contributed by atoms with Gasteiger partial charge in [0.25, 0.3) is 0 Å². The molecule has 1 aromatic rings. The number of halogens is 2. The third kappa shape index (κ3) is 8.04. The molecule has 0 radical (unpaired) electrons. The first-order valence-electron chi connectivity index (χ1n) is 6.46. The van der Waals surface area contributed by atoms with Gasteiger partial charge in [-0.05, 0) is 44.0 Å².